The number of hydrogen-bond acceptors (Lipinski definition) is 4. The Labute approximate surface area is 158 Å². The molecule has 3 rings (SSSR count). The summed E-state index contributed by atoms with van der Waals surface area (Å²) in [6.07, 6.45) is 3.31. The molecule has 0 N–H and O–H groups in total. The molecule has 0 atom stereocenters. The molecular formula is C20H22FNO4S. The SMILES string of the molecule is CCCC(=O)N(Cc1cccc(OS(=O)(=O)c2ccc(F)cc2)c1)C1CC1. The van der Waals surface area contributed by atoms with Crippen LogP contribution in [0.2, 0.25) is 0 Å². The fourth-order valence-corrected chi connectivity index (χ4v) is 3.76. The smallest absolute Gasteiger partial charge is 0.339 e. The number of carbonyl (C=O) groups excluding carboxylic acids is 1. The molecule has 0 aliphatic heterocycles. The van der Waals surface area contributed by atoms with Gasteiger partial charge in [-0.2, -0.15) is 8.42 Å². The maximum Gasteiger partial charge on any atom is 0.339 e. The van der Waals surface area contributed by atoms with E-state index in [9.17, 15) is 17.6 Å². The van der Waals surface area contributed by atoms with Crippen molar-refractivity contribution in [1.29, 1.82) is 0 Å². The van der Waals surface area contributed by atoms with Gasteiger partial charge < -0.3 is 9.08 Å². The Hall–Kier alpha value is -2.41. The molecule has 0 saturated heterocycles. The van der Waals surface area contributed by atoms with E-state index >= 15 is 0 Å². The van der Waals surface area contributed by atoms with Gasteiger partial charge in [-0.05, 0) is 61.2 Å². The minimum absolute atomic E-state index is 0.116. The normalized spacial score (nSPS) is 14.0. The second kappa shape index (κ2) is 8.08. The highest BCUT2D eigenvalue weighted by atomic mass is 32.2. The van der Waals surface area contributed by atoms with Crippen LogP contribution in [0.1, 0.15) is 38.2 Å². The van der Waals surface area contributed by atoms with E-state index in [0.29, 0.717) is 13.0 Å². The van der Waals surface area contributed by atoms with Crippen molar-refractivity contribution in [3.8, 4) is 5.75 Å². The molecule has 0 heterocycles. The van der Waals surface area contributed by atoms with Gasteiger partial charge in [0.15, 0.2) is 0 Å². The zero-order valence-electron chi connectivity index (χ0n) is 15.1. The molecule has 0 unspecified atom stereocenters. The van der Waals surface area contributed by atoms with Gasteiger partial charge in [0.2, 0.25) is 5.91 Å². The van der Waals surface area contributed by atoms with Crippen LogP contribution < -0.4 is 4.18 Å². The first kappa shape index (κ1) is 19.4. The Balaban J connectivity index is 1.75. The lowest BCUT2D eigenvalue weighted by Crippen LogP contribution is -2.32. The number of hydrogen-bond donors (Lipinski definition) is 0. The van der Waals surface area contributed by atoms with Crippen molar-refractivity contribution in [2.45, 2.75) is 50.1 Å². The van der Waals surface area contributed by atoms with Gasteiger partial charge in [-0.25, -0.2) is 4.39 Å². The van der Waals surface area contributed by atoms with Crippen LogP contribution in [0, 0.1) is 5.82 Å². The minimum Gasteiger partial charge on any atom is -0.379 e. The van der Waals surface area contributed by atoms with Gasteiger partial charge in [0.25, 0.3) is 0 Å². The maximum absolute atomic E-state index is 13.0. The van der Waals surface area contributed by atoms with Crippen LogP contribution in [0.15, 0.2) is 53.4 Å². The number of halogens is 1. The van der Waals surface area contributed by atoms with Gasteiger partial charge in [0.05, 0.1) is 0 Å². The van der Waals surface area contributed by atoms with E-state index < -0.39 is 15.9 Å². The summed E-state index contributed by atoms with van der Waals surface area (Å²) in [6, 6.07) is 11.4. The van der Waals surface area contributed by atoms with E-state index in [1.165, 1.54) is 0 Å². The van der Waals surface area contributed by atoms with Gasteiger partial charge in [0.1, 0.15) is 16.5 Å². The standard InChI is InChI=1S/C20H22FNO4S/c1-2-4-20(23)22(17-9-10-17)14-15-5-3-6-18(13-15)26-27(24,25)19-11-7-16(21)8-12-19/h3,5-8,11-13,17H,2,4,9-10,14H2,1H3. The van der Waals surface area contributed by atoms with Crippen LogP contribution in [0.25, 0.3) is 0 Å². The molecule has 1 aliphatic carbocycles. The number of rotatable bonds is 8. The van der Waals surface area contributed by atoms with Crippen LogP contribution >= 0.6 is 0 Å². The molecule has 0 aromatic heterocycles. The third kappa shape index (κ3) is 5.07. The van der Waals surface area contributed by atoms with Crippen molar-refractivity contribution in [1.82, 2.24) is 4.90 Å². The Kier molecular flexibility index (Phi) is 5.79. The largest absolute Gasteiger partial charge is 0.379 e. The lowest BCUT2D eigenvalue weighted by molar-refractivity contribution is -0.132. The minimum atomic E-state index is -4.05. The molecule has 7 heteroatoms. The molecule has 0 bridgehead atoms. The van der Waals surface area contributed by atoms with Gasteiger partial charge in [-0.15, -0.1) is 0 Å². The van der Waals surface area contributed by atoms with Gasteiger partial charge >= 0.3 is 10.1 Å². The van der Waals surface area contributed by atoms with Crippen molar-refractivity contribution in [3.05, 3.63) is 59.9 Å². The molecule has 0 radical (unpaired) electrons. The molecule has 1 aliphatic rings. The van der Waals surface area contributed by atoms with Crippen LogP contribution in [-0.2, 0) is 21.5 Å². The Morgan fingerprint density at radius 2 is 1.89 bits per heavy atom. The topological polar surface area (TPSA) is 63.7 Å². The number of benzene rings is 2. The maximum atomic E-state index is 13.0. The third-order valence-corrected chi connectivity index (χ3v) is 5.59. The Morgan fingerprint density at radius 3 is 2.52 bits per heavy atom. The molecule has 1 amide bonds. The third-order valence-electron chi connectivity index (χ3n) is 4.33. The van der Waals surface area contributed by atoms with Gasteiger partial charge in [-0.1, -0.05) is 19.1 Å². The van der Waals surface area contributed by atoms with E-state index in [1.807, 2.05) is 17.9 Å². The number of nitrogens with zero attached hydrogens (tertiary/aromatic N) is 1. The van der Waals surface area contributed by atoms with Crippen molar-refractivity contribution in [3.63, 3.8) is 0 Å². The number of carbonyl (C=O) groups is 1. The average Bonchev–Trinajstić information content (AvgIpc) is 3.45. The predicted octanol–water partition coefficient (Wildman–Crippen LogP) is 3.88. The van der Waals surface area contributed by atoms with Crippen LogP contribution in [-0.4, -0.2) is 25.3 Å². The first-order valence-electron chi connectivity index (χ1n) is 8.97. The summed E-state index contributed by atoms with van der Waals surface area (Å²) in [4.78, 5) is 14.1. The first-order chi connectivity index (χ1) is 12.9. The van der Waals surface area contributed by atoms with E-state index in [2.05, 4.69) is 0 Å². The first-order valence-corrected chi connectivity index (χ1v) is 10.4. The van der Waals surface area contributed by atoms with Crippen molar-refractivity contribution < 1.29 is 21.8 Å². The van der Waals surface area contributed by atoms with Crippen LogP contribution in [0.5, 0.6) is 5.75 Å². The van der Waals surface area contributed by atoms with E-state index in [4.69, 9.17) is 4.18 Å². The second-order valence-corrected chi connectivity index (χ2v) is 8.19. The highest BCUT2D eigenvalue weighted by Crippen LogP contribution is 2.30. The quantitative estimate of drug-likeness (QED) is 0.641. The lowest BCUT2D eigenvalue weighted by Gasteiger charge is -2.22. The molecule has 1 fully saturated rings. The van der Waals surface area contributed by atoms with E-state index in [0.717, 1.165) is 49.1 Å². The Bertz CT molecular complexity index is 908. The van der Waals surface area contributed by atoms with Crippen LogP contribution in [0.4, 0.5) is 4.39 Å². The fourth-order valence-electron chi connectivity index (χ4n) is 2.83. The van der Waals surface area contributed by atoms with E-state index in [-0.39, 0.29) is 22.6 Å². The zero-order valence-corrected chi connectivity index (χ0v) is 15.9. The second-order valence-electron chi connectivity index (χ2n) is 6.64. The summed E-state index contributed by atoms with van der Waals surface area (Å²) >= 11 is 0. The van der Waals surface area contributed by atoms with E-state index in [1.54, 1.807) is 18.2 Å². The molecule has 5 nitrogen and oxygen atoms in total. The van der Waals surface area contributed by atoms with Crippen molar-refractivity contribution in [2.24, 2.45) is 0 Å². The summed E-state index contributed by atoms with van der Waals surface area (Å²) in [6.45, 7) is 2.40. The van der Waals surface area contributed by atoms with Crippen molar-refractivity contribution in [2.75, 3.05) is 0 Å². The monoisotopic (exact) mass is 391 g/mol. The molecule has 2 aromatic carbocycles. The highest BCUT2D eigenvalue weighted by molar-refractivity contribution is 7.87. The van der Waals surface area contributed by atoms with Crippen LogP contribution in [0.3, 0.4) is 0 Å². The molecule has 144 valence electrons. The number of amides is 1. The Morgan fingerprint density at radius 1 is 1.19 bits per heavy atom. The predicted molar refractivity (Wildman–Crippen MR) is 99.1 cm³/mol. The summed E-state index contributed by atoms with van der Waals surface area (Å²) in [7, 11) is -4.05. The summed E-state index contributed by atoms with van der Waals surface area (Å²) in [5.41, 5.74) is 0.804. The zero-order chi connectivity index (χ0) is 19.4. The summed E-state index contributed by atoms with van der Waals surface area (Å²) < 4.78 is 42.9. The van der Waals surface area contributed by atoms with Gasteiger partial charge in [0, 0.05) is 19.0 Å². The molecule has 27 heavy (non-hydrogen) atoms. The summed E-state index contributed by atoms with van der Waals surface area (Å²) in [5, 5.41) is 0. The fraction of sp³-hybridized carbons (Fsp3) is 0.350. The molecular weight excluding hydrogens is 369 g/mol. The highest BCUT2D eigenvalue weighted by Gasteiger charge is 2.32. The molecule has 2 aromatic rings. The van der Waals surface area contributed by atoms with Gasteiger partial charge in [-0.3, -0.25) is 4.79 Å². The molecule has 1 saturated carbocycles. The average molecular weight is 391 g/mol. The molecule has 0 spiro atoms. The lowest BCUT2D eigenvalue weighted by atomic mass is 10.2. The van der Waals surface area contributed by atoms with Crippen molar-refractivity contribution >= 4 is 16.0 Å². The summed E-state index contributed by atoms with van der Waals surface area (Å²) in [5.74, 6) is -0.242.